The lowest BCUT2D eigenvalue weighted by Crippen LogP contribution is -2.35. The Morgan fingerprint density at radius 3 is 2.79 bits per heavy atom. The molecule has 1 unspecified atom stereocenters. The molecule has 0 aromatic rings. The normalized spacial score (nSPS) is 19.7. The molecular weight excluding hydrogens is 270 g/mol. The van der Waals surface area contributed by atoms with E-state index in [1.165, 1.54) is 0 Å². The highest BCUT2D eigenvalue weighted by atomic mass is 32.2. The molecule has 1 amide bonds. The van der Waals surface area contributed by atoms with Gasteiger partial charge in [0, 0.05) is 23.3 Å². The van der Waals surface area contributed by atoms with E-state index in [1.54, 1.807) is 11.8 Å². The minimum Gasteiger partial charge on any atom is -0.432 e. The number of amides is 1. The second-order valence-electron chi connectivity index (χ2n) is 4.89. The molecule has 1 atom stereocenters. The zero-order valence-electron chi connectivity index (χ0n) is 11.5. The predicted octanol–water partition coefficient (Wildman–Crippen LogP) is 1.92. The first-order valence-electron chi connectivity index (χ1n) is 6.34. The Hall–Kier alpha value is -0.950. The largest absolute Gasteiger partial charge is 0.533 e. The fourth-order valence-corrected chi connectivity index (χ4v) is 2.33. The number of hydrogen-bond acceptors (Lipinski definition) is 6. The Morgan fingerprint density at radius 2 is 2.26 bits per heavy atom. The summed E-state index contributed by atoms with van der Waals surface area (Å²) in [6, 6.07) is 0. The maximum Gasteiger partial charge on any atom is 0.533 e. The number of ether oxygens (including phenoxy) is 1. The summed E-state index contributed by atoms with van der Waals surface area (Å²) in [5.41, 5.74) is 0. The molecule has 1 saturated heterocycles. The van der Waals surface area contributed by atoms with E-state index >= 15 is 0 Å². The minimum atomic E-state index is -1.06. The van der Waals surface area contributed by atoms with Gasteiger partial charge in [-0.25, -0.2) is 4.79 Å². The van der Waals surface area contributed by atoms with Gasteiger partial charge in [0.1, 0.15) is 6.61 Å². The topological polar surface area (TPSA) is 76.1 Å². The average Bonchev–Trinajstić information content (AvgIpc) is 2.66. The lowest BCUT2D eigenvalue weighted by atomic mass is 10.1. The SMILES string of the molecule is CCC(C)(C)SCCOC(=O)ON1C(=O)CCC1O. The molecule has 0 aromatic carbocycles. The average molecular weight is 291 g/mol. The first kappa shape index (κ1) is 16.1. The number of aliphatic hydroxyl groups excluding tert-OH is 1. The van der Waals surface area contributed by atoms with E-state index in [4.69, 9.17) is 4.74 Å². The fourth-order valence-electron chi connectivity index (χ4n) is 1.41. The molecule has 0 aromatic heterocycles. The molecule has 0 bridgehead atoms. The first-order valence-corrected chi connectivity index (χ1v) is 7.33. The van der Waals surface area contributed by atoms with Gasteiger partial charge in [0.15, 0.2) is 6.23 Å². The quantitative estimate of drug-likeness (QED) is 0.595. The van der Waals surface area contributed by atoms with E-state index in [1.807, 2.05) is 0 Å². The number of hydroxylamine groups is 2. The number of thioether (sulfide) groups is 1. The molecule has 1 N–H and O–H groups in total. The van der Waals surface area contributed by atoms with Crippen LogP contribution in [0.3, 0.4) is 0 Å². The number of rotatable bonds is 6. The van der Waals surface area contributed by atoms with Crippen LogP contribution in [0.1, 0.15) is 40.0 Å². The van der Waals surface area contributed by atoms with Crippen molar-refractivity contribution in [2.75, 3.05) is 12.4 Å². The standard InChI is InChI=1S/C12H21NO5S/c1-4-12(2,3)19-8-7-17-11(16)18-13-9(14)5-6-10(13)15/h9,14H,4-8H2,1-3H3. The lowest BCUT2D eigenvalue weighted by Gasteiger charge is -2.22. The summed E-state index contributed by atoms with van der Waals surface area (Å²) in [7, 11) is 0. The summed E-state index contributed by atoms with van der Waals surface area (Å²) in [6.07, 6.45) is -0.546. The summed E-state index contributed by atoms with van der Waals surface area (Å²) in [5.74, 6) is 0.248. The van der Waals surface area contributed by atoms with Gasteiger partial charge in [0.25, 0.3) is 5.91 Å². The van der Waals surface area contributed by atoms with Crippen LogP contribution in [-0.2, 0) is 14.4 Å². The van der Waals surface area contributed by atoms with Crippen molar-refractivity contribution < 1.29 is 24.3 Å². The Morgan fingerprint density at radius 1 is 1.58 bits per heavy atom. The van der Waals surface area contributed by atoms with Gasteiger partial charge in [-0.2, -0.15) is 11.8 Å². The molecule has 1 heterocycles. The van der Waals surface area contributed by atoms with Crippen LogP contribution < -0.4 is 0 Å². The molecular formula is C12H21NO5S. The zero-order chi connectivity index (χ0) is 14.5. The molecule has 19 heavy (non-hydrogen) atoms. The summed E-state index contributed by atoms with van der Waals surface area (Å²) < 4.78 is 5.00. The Kier molecular flexibility index (Phi) is 5.93. The van der Waals surface area contributed by atoms with Crippen molar-refractivity contribution in [2.24, 2.45) is 0 Å². The molecule has 1 aliphatic rings. The molecule has 1 rings (SSSR count). The van der Waals surface area contributed by atoms with E-state index in [0.29, 0.717) is 10.8 Å². The first-order chi connectivity index (χ1) is 8.85. The van der Waals surface area contributed by atoms with Crippen LogP contribution in [0.2, 0.25) is 0 Å². The number of carbonyl (C=O) groups excluding carboxylic acids is 2. The number of nitrogens with zero attached hydrogens (tertiary/aromatic N) is 1. The van der Waals surface area contributed by atoms with Crippen LogP contribution in [0.15, 0.2) is 0 Å². The second-order valence-corrected chi connectivity index (χ2v) is 6.69. The van der Waals surface area contributed by atoms with Gasteiger partial charge in [-0.15, -0.1) is 5.06 Å². The van der Waals surface area contributed by atoms with Crippen molar-refractivity contribution in [3.63, 3.8) is 0 Å². The highest BCUT2D eigenvalue weighted by Crippen LogP contribution is 2.27. The van der Waals surface area contributed by atoms with Crippen LogP contribution in [0.5, 0.6) is 0 Å². The summed E-state index contributed by atoms with van der Waals surface area (Å²) in [4.78, 5) is 27.2. The Balaban J connectivity index is 2.20. The summed E-state index contributed by atoms with van der Waals surface area (Å²) in [5, 5.41) is 10.1. The van der Waals surface area contributed by atoms with E-state index < -0.39 is 18.3 Å². The highest BCUT2D eigenvalue weighted by molar-refractivity contribution is 8.00. The van der Waals surface area contributed by atoms with E-state index in [-0.39, 0.29) is 24.2 Å². The third-order valence-electron chi connectivity index (χ3n) is 2.95. The van der Waals surface area contributed by atoms with Crippen molar-refractivity contribution in [3.05, 3.63) is 0 Å². The molecule has 0 aliphatic carbocycles. The maximum absolute atomic E-state index is 11.3. The molecule has 0 spiro atoms. The van der Waals surface area contributed by atoms with E-state index in [9.17, 15) is 14.7 Å². The Labute approximate surface area is 117 Å². The fraction of sp³-hybridized carbons (Fsp3) is 0.833. The van der Waals surface area contributed by atoms with Crippen LogP contribution in [0.4, 0.5) is 4.79 Å². The number of hydrogen-bond donors (Lipinski definition) is 1. The molecule has 0 saturated carbocycles. The lowest BCUT2D eigenvalue weighted by molar-refractivity contribution is -0.199. The van der Waals surface area contributed by atoms with E-state index in [0.717, 1.165) is 6.42 Å². The van der Waals surface area contributed by atoms with Gasteiger partial charge in [0.2, 0.25) is 0 Å². The predicted molar refractivity (Wildman–Crippen MR) is 71.3 cm³/mol. The van der Waals surface area contributed by atoms with Crippen LogP contribution >= 0.6 is 11.8 Å². The van der Waals surface area contributed by atoms with Crippen LogP contribution in [-0.4, -0.2) is 45.6 Å². The highest BCUT2D eigenvalue weighted by Gasteiger charge is 2.33. The third kappa shape index (κ3) is 5.28. The summed E-state index contributed by atoms with van der Waals surface area (Å²) in [6.45, 7) is 6.55. The van der Waals surface area contributed by atoms with Gasteiger partial charge < -0.3 is 14.7 Å². The van der Waals surface area contributed by atoms with Gasteiger partial charge in [-0.3, -0.25) is 4.79 Å². The maximum atomic E-state index is 11.3. The minimum absolute atomic E-state index is 0.147. The van der Waals surface area contributed by atoms with Gasteiger partial charge in [-0.1, -0.05) is 20.8 Å². The van der Waals surface area contributed by atoms with Crippen molar-refractivity contribution in [1.29, 1.82) is 0 Å². The van der Waals surface area contributed by atoms with Crippen LogP contribution in [0.25, 0.3) is 0 Å². The molecule has 1 aliphatic heterocycles. The molecule has 6 nitrogen and oxygen atoms in total. The number of aliphatic hydroxyl groups is 1. The van der Waals surface area contributed by atoms with Gasteiger partial charge in [0.05, 0.1) is 0 Å². The van der Waals surface area contributed by atoms with Crippen molar-refractivity contribution in [3.8, 4) is 0 Å². The van der Waals surface area contributed by atoms with E-state index in [2.05, 4.69) is 25.6 Å². The Bertz CT molecular complexity index is 334. The van der Waals surface area contributed by atoms with Crippen molar-refractivity contribution >= 4 is 23.8 Å². The molecule has 7 heteroatoms. The second kappa shape index (κ2) is 7.00. The van der Waals surface area contributed by atoms with Crippen molar-refractivity contribution in [1.82, 2.24) is 5.06 Å². The summed E-state index contributed by atoms with van der Waals surface area (Å²) >= 11 is 1.70. The van der Waals surface area contributed by atoms with Crippen molar-refractivity contribution in [2.45, 2.75) is 51.0 Å². The zero-order valence-corrected chi connectivity index (χ0v) is 12.4. The van der Waals surface area contributed by atoms with Gasteiger partial charge >= 0.3 is 6.16 Å². The number of carbonyl (C=O) groups is 2. The smallest absolute Gasteiger partial charge is 0.432 e. The molecule has 1 fully saturated rings. The van der Waals surface area contributed by atoms with Crippen LogP contribution in [0, 0.1) is 0 Å². The third-order valence-corrected chi connectivity index (χ3v) is 4.39. The molecule has 0 radical (unpaired) electrons. The van der Waals surface area contributed by atoms with Gasteiger partial charge in [-0.05, 0) is 6.42 Å². The monoisotopic (exact) mass is 291 g/mol. The molecule has 110 valence electrons.